The summed E-state index contributed by atoms with van der Waals surface area (Å²) >= 11 is 13.9. The van der Waals surface area contributed by atoms with E-state index in [4.69, 9.17) is 37.4 Å². The van der Waals surface area contributed by atoms with Crippen LogP contribution in [0.3, 0.4) is 0 Å². The van der Waals surface area contributed by atoms with E-state index in [0.29, 0.717) is 43.4 Å². The molecular formula is C26H20Cl2N2O4S. The molecule has 0 unspecified atom stereocenters. The van der Waals surface area contributed by atoms with Crippen molar-refractivity contribution in [1.29, 1.82) is 0 Å². The molecule has 9 heteroatoms. The third kappa shape index (κ3) is 4.67. The third-order valence-corrected chi connectivity index (χ3v) is 7.10. The van der Waals surface area contributed by atoms with Crippen molar-refractivity contribution >= 4 is 56.6 Å². The van der Waals surface area contributed by atoms with Gasteiger partial charge in [0.1, 0.15) is 19.0 Å². The second-order valence-corrected chi connectivity index (χ2v) is 9.60. The van der Waals surface area contributed by atoms with Crippen molar-refractivity contribution in [1.82, 2.24) is 9.38 Å². The number of para-hydroxylation sites is 2. The number of thiazole rings is 1. The molecule has 5 rings (SSSR count). The summed E-state index contributed by atoms with van der Waals surface area (Å²) in [5.74, 6) is 1.59. The fourth-order valence-corrected chi connectivity index (χ4v) is 5.11. The van der Waals surface area contributed by atoms with Crippen molar-refractivity contribution in [2.75, 3.05) is 20.3 Å². The Morgan fingerprint density at radius 2 is 1.83 bits per heavy atom. The van der Waals surface area contributed by atoms with Crippen LogP contribution in [0.1, 0.15) is 11.1 Å². The smallest absolute Gasteiger partial charge is 0.274 e. The van der Waals surface area contributed by atoms with Crippen LogP contribution in [0.15, 0.2) is 59.4 Å². The van der Waals surface area contributed by atoms with Gasteiger partial charge in [-0.2, -0.15) is 0 Å². The maximum absolute atomic E-state index is 13.0. The van der Waals surface area contributed by atoms with E-state index in [9.17, 15) is 4.79 Å². The van der Waals surface area contributed by atoms with Crippen LogP contribution in [0.4, 0.5) is 0 Å². The molecule has 0 saturated heterocycles. The highest BCUT2D eigenvalue weighted by Crippen LogP contribution is 2.36. The number of halogens is 2. The van der Waals surface area contributed by atoms with Crippen LogP contribution < -0.4 is 24.3 Å². The average Bonchev–Trinajstić information content (AvgIpc) is 3.35. The molecule has 0 aliphatic rings. The van der Waals surface area contributed by atoms with Crippen LogP contribution in [0.5, 0.6) is 17.2 Å². The molecule has 0 bridgehead atoms. The van der Waals surface area contributed by atoms with E-state index in [1.807, 2.05) is 43.3 Å². The van der Waals surface area contributed by atoms with E-state index >= 15 is 0 Å². The Labute approximate surface area is 214 Å². The van der Waals surface area contributed by atoms with E-state index in [1.165, 1.54) is 11.3 Å². The largest absolute Gasteiger partial charge is 0.493 e. The molecule has 0 saturated carbocycles. The zero-order valence-electron chi connectivity index (χ0n) is 18.9. The Hall–Kier alpha value is -3.26. The predicted octanol–water partition coefficient (Wildman–Crippen LogP) is 5.54. The fraction of sp³-hybridized carbons (Fsp3) is 0.154. The molecule has 6 nitrogen and oxygen atoms in total. The van der Waals surface area contributed by atoms with Crippen molar-refractivity contribution < 1.29 is 14.2 Å². The van der Waals surface area contributed by atoms with Gasteiger partial charge in [-0.25, -0.2) is 9.38 Å². The minimum Gasteiger partial charge on any atom is -0.493 e. The quantitative estimate of drug-likeness (QED) is 0.260. The lowest BCUT2D eigenvalue weighted by molar-refractivity contribution is 0.211. The van der Waals surface area contributed by atoms with Crippen LogP contribution in [-0.2, 0) is 0 Å². The Bertz CT molecular complexity index is 1660. The van der Waals surface area contributed by atoms with Crippen LogP contribution in [-0.4, -0.2) is 29.7 Å². The molecule has 2 aromatic heterocycles. The highest BCUT2D eigenvalue weighted by atomic mass is 35.5. The van der Waals surface area contributed by atoms with Crippen molar-refractivity contribution in [3.8, 4) is 17.2 Å². The van der Waals surface area contributed by atoms with Gasteiger partial charge < -0.3 is 14.2 Å². The number of aromatic nitrogens is 2. The molecule has 0 spiro atoms. The molecule has 35 heavy (non-hydrogen) atoms. The summed E-state index contributed by atoms with van der Waals surface area (Å²) in [5.41, 5.74) is 3.12. The van der Waals surface area contributed by atoms with Gasteiger partial charge >= 0.3 is 0 Å². The number of nitrogens with zero attached hydrogens (tertiary/aromatic N) is 2. The van der Waals surface area contributed by atoms with Gasteiger partial charge in [-0.1, -0.05) is 46.7 Å². The number of rotatable bonds is 7. The van der Waals surface area contributed by atoms with Gasteiger partial charge in [-0.05, 0) is 66.6 Å². The van der Waals surface area contributed by atoms with Crippen molar-refractivity contribution in [3.05, 3.63) is 90.7 Å². The first-order valence-electron chi connectivity index (χ1n) is 10.8. The summed E-state index contributed by atoms with van der Waals surface area (Å²) in [7, 11) is 1.54. The maximum Gasteiger partial charge on any atom is 0.274 e. The summed E-state index contributed by atoms with van der Waals surface area (Å²) in [4.78, 5) is 18.2. The van der Waals surface area contributed by atoms with E-state index in [0.717, 1.165) is 22.2 Å². The third-order valence-electron chi connectivity index (χ3n) is 5.42. The van der Waals surface area contributed by atoms with Crippen molar-refractivity contribution in [2.24, 2.45) is 0 Å². The lowest BCUT2D eigenvalue weighted by Gasteiger charge is -2.14. The summed E-state index contributed by atoms with van der Waals surface area (Å²) in [6, 6.07) is 16.6. The van der Waals surface area contributed by atoms with Crippen molar-refractivity contribution in [3.63, 3.8) is 0 Å². The second kappa shape index (κ2) is 9.77. The highest BCUT2D eigenvalue weighted by Gasteiger charge is 2.14. The molecule has 3 aromatic carbocycles. The number of ether oxygens (including phenoxy) is 3. The molecule has 0 radical (unpaired) electrons. The van der Waals surface area contributed by atoms with Gasteiger partial charge in [0, 0.05) is 5.02 Å². The van der Waals surface area contributed by atoms with Crippen LogP contribution in [0.2, 0.25) is 10.0 Å². The summed E-state index contributed by atoms with van der Waals surface area (Å²) < 4.78 is 19.3. The lowest BCUT2D eigenvalue weighted by atomic mass is 10.2. The Kier molecular flexibility index (Phi) is 6.56. The standard InChI is InChI=1S/C26H20Cl2N2O4S/c1-15-11-17(7-8-18(15)27)33-9-10-34-24-19(28)12-16(13-22(24)32-2)14-23-25(31)30-21-6-4-3-5-20(21)29-26(30)35-23/h3-8,11-14H,9-10H2,1-2H3/b23-14-. The van der Waals surface area contributed by atoms with E-state index in [-0.39, 0.29) is 12.2 Å². The van der Waals surface area contributed by atoms with Gasteiger partial charge in [0.2, 0.25) is 0 Å². The molecule has 2 heterocycles. The minimum absolute atomic E-state index is 0.122. The van der Waals surface area contributed by atoms with Crippen LogP contribution in [0.25, 0.3) is 22.1 Å². The van der Waals surface area contributed by atoms with Crippen molar-refractivity contribution in [2.45, 2.75) is 6.92 Å². The van der Waals surface area contributed by atoms with E-state index in [1.54, 1.807) is 35.8 Å². The fourth-order valence-electron chi connectivity index (χ4n) is 3.74. The Morgan fingerprint density at radius 3 is 2.63 bits per heavy atom. The molecule has 0 N–H and O–H groups in total. The van der Waals surface area contributed by atoms with Crippen LogP contribution >= 0.6 is 34.5 Å². The molecule has 0 atom stereocenters. The number of methoxy groups -OCH3 is 1. The van der Waals surface area contributed by atoms with Gasteiger partial charge in [0.15, 0.2) is 16.5 Å². The highest BCUT2D eigenvalue weighted by molar-refractivity contribution is 7.15. The molecule has 5 aromatic rings. The number of fused-ring (bicyclic) bond motifs is 3. The summed E-state index contributed by atoms with van der Waals surface area (Å²) in [6.45, 7) is 2.50. The second-order valence-electron chi connectivity index (χ2n) is 7.78. The molecule has 178 valence electrons. The molecule has 0 aliphatic heterocycles. The van der Waals surface area contributed by atoms with Gasteiger partial charge in [-0.15, -0.1) is 0 Å². The van der Waals surface area contributed by atoms with Gasteiger partial charge in [0.05, 0.1) is 27.7 Å². The molecule has 0 fully saturated rings. The SMILES string of the molecule is COc1cc(/C=c2\sc3nc4ccccc4n3c2=O)cc(Cl)c1OCCOc1ccc(Cl)c(C)c1. The van der Waals surface area contributed by atoms with Gasteiger partial charge in [0.25, 0.3) is 5.56 Å². The normalized spacial score (nSPS) is 11.9. The Morgan fingerprint density at radius 1 is 1.03 bits per heavy atom. The first-order chi connectivity index (χ1) is 16.9. The number of aryl methyl sites for hydroxylation is 1. The topological polar surface area (TPSA) is 62.1 Å². The van der Waals surface area contributed by atoms with Gasteiger partial charge in [-0.3, -0.25) is 4.79 Å². The number of imidazole rings is 1. The first-order valence-corrected chi connectivity index (χ1v) is 12.3. The molecule has 0 aliphatic carbocycles. The van der Waals surface area contributed by atoms with E-state index < -0.39 is 0 Å². The number of hydrogen-bond donors (Lipinski definition) is 0. The summed E-state index contributed by atoms with van der Waals surface area (Å²) in [6.07, 6.45) is 1.78. The zero-order valence-corrected chi connectivity index (χ0v) is 21.2. The molecule has 0 amide bonds. The zero-order chi connectivity index (χ0) is 24.5. The number of hydrogen-bond acceptors (Lipinski definition) is 6. The minimum atomic E-state index is -0.122. The summed E-state index contributed by atoms with van der Waals surface area (Å²) in [5, 5.41) is 1.06. The average molecular weight is 527 g/mol. The molecular weight excluding hydrogens is 507 g/mol. The predicted molar refractivity (Wildman–Crippen MR) is 141 cm³/mol. The number of benzene rings is 3. The maximum atomic E-state index is 13.0. The van der Waals surface area contributed by atoms with E-state index in [2.05, 4.69) is 4.98 Å². The van der Waals surface area contributed by atoms with Crippen LogP contribution in [0, 0.1) is 6.92 Å². The monoisotopic (exact) mass is 526 g/mol. The first kappa shape index (κ1) is 23.5. The Balaban J connectivity index is 1.37. The lowest BCUT2D eigenvalue weighted by Crippen LogP contribution is -2.22.